The van der Waals surface area contributed by atoms with E-state index in [0.717, 1.165) is 18.9 Å². The molecule has 1 rings (SSSR count). The number of hydrogen-bond acceptors (Lipinski definition) is 3. The third-order valence-electron chi connectivity index (χ3n) is 4.39. The average molecular weight is 256 g/mol. The molecule has 1 heterocycles. The third kappa shape index (κ3) is 5.25. The third-order valence-corrected chi connectivity index (χ3v) is 4.39. The minimum Gasteiger partial charge on any atom is -0.396 e. The Hall–Kier alpha value is -0.120. The van der Waals surface area contributed by atoms with Crippen LogP contribution in [0.5, 0.6) is 0 Å². The van der Waals surface area contributed by atoms with Crippen molar-refractivity contribution < 1.29 is 5.11 Å². The van der Waals surface area contributed by atoms with Crippen LogP contribution in [-0.4, -0.2) is 48.8 Å². The molecule has 0 bridgehead atoms. The van der Waals surface area contributed by atoms with Crippen molar-refractivity contribution in [2.24, 2.45) is 11.3 Å². The Morgan fingerprint density at radius 3 is 2.78 bits per heavy atom. The standard InChI is InChI=1S/C15H32N2O/c1-5-17-9-6-7-14(11-17)13(2)16-12-15(3,4)8-10-18/h13-14,16,18H,5-12H2,1-4H3. The fraction of sp³-hybridized carbons (Fsp3) is 1.00. The second-order valence-electron chi connectivity index (χ2n) is 6.60. The van der Waals surface area contributed by atoms with Gasteiger partial charge < -0.3 is 15.3 Å². The predicted octanol–water partition coefficient (Wildman–Crippen LogP) is 2.10. The molecule has 0 saturated carbocycles. The van der Waals surface area contributed by atoms with E-state index in [9.17, 15) is 0 Å². The predicted molar refractivity (Wildman–Crippen MR) is 77.8 cm³/mol. The summed E-state index contributed by atoms with van der Waals surface area (Å²) in [5, 5.41) is 12.7. The van der Waals surface area contributed by atoms with E-state index < -0.39 is 0 Å². The minimum atomic E-state index is 0.197. The van der Waals surface area contributed by atoms with Gasteiger partial charge in [-0.25, -0.2) is 0 Å². The highest BCUT2D eigenvalue weighted by atomic mass is 16.3. The highest BCUT2D eigenvalue weighted by Gasteiger charge is 2.25. The molecule has 2 N–H and O–H groups in total. The Kier molecular flexibility index (Phi) is 6.61. The second-order valence-corrected chi connectivity index (χ2v) is 6.60. The number of piperidine rings is 1. The van der Waals surface area contributed by atoms with Gasteiger partial charge in [0.2, 0.25) is 0 Å². The molecule has 1 saturated heterocycles. The molecule has 1 aliphatic rings. The maximum Gasteiger partial charge on any atom is 0.0436 e. The molecule has 2 unspecified atom stereocenters. The topological polar surface area (TPSA) is 35.5 Å². The van der Waals surface area contributed by atoms with Crippen LogP contribution < -0.4 is 5.32 Å². The van der Waals surface area contributed by atoms with Gasteiger partial charge in [0.15, 0.2) is 0 Å². The van der Waals surface area contributed by atoms with E-state index >= 15 is 0 Å². The number of nitrogens with one attached hydrogen (secondary N) is 1. The van der Waals surface area contributed by atoms with Gasteiger partial charge in [-0.15, -0.1) is 0 Å². The average Bonchev–Trinajstić information content (AvgIpc) is 2.36. The summed E-state index contributed by atoms with van der Waals surface area (Å²) in [5.74, 6) is 0.781. The fourth-order valence-corrected chi connectivity index (χ4v) is 2.78. The van der Waals surface area contributed by atoms with Gasteiger partial charge in [-0.1, -0.05) is 20.8 Å². The van der Waals surface area contributed by atoms with Crippen LogP contribution in [0.4, 0.5) is 0 Å². The lowest BCUT2D eigenvalue weighted by Gasteiger charge is -2.37. The number of rotatable bonds is 7. The van der Waals surface area contributed by atoms with Crippen LogP contribution in [-0.2, 0) is 0 Å². The molecule has 0 aromatic carbocycles. The van der Waals surface area contributed by atoms with Gasteiger partial charge >= 0.3 is 0 Å². The minimum absolute atomic E-state index is 0.197. The van der Waals surface area contributed by atoms with Crippen molar-refractivity contribution in [3.05, 3.63) is 0 Å². The molecule has 18 heavy (non-hydrogen) atoms. The van der Waals surface area contributed by atoms with Crippen LogP contribution in [0.1, 0.15) is 47.0 Å². The van der Waals surface area contributed by atoms with Gasteiger partial charge in [0.05, 0.1) is 0 Å². The molecule has 0 amide bonds. The van der Waals surface area contributed by atoms with Crippen molar-refractivity contribution in [2.75, 3.05) is 32.8 Å². The number of likely N-dealkylation sites (tertiary alicyclic amines) is 1. The Balaban J connectivity index is 2.33. The summed E-state index contributed by atoms with van der Waals surface area (Å²) in [4.78, 5) is 2.56. The maximum absolute atomic E-state index is 9.05. The summed E-state index contributed by atoms with van der Waals surface area (Å²) in [7, 11) is 0. The maximum atomic E-state index is 9.05. The highest BCUT2D eigenvalue weighted by Crippen LogP contribution is 2.22. The van der Waals surface area contributed by atoms with Crippen LogP contribution >= 0.6 is 0 Å². The van der Waals surface area contributed by atoms with E-state index in [1.165, 1.54) is 32.5 Å². The zero-order chi connectivity index (χ0) is 13.6. The molecular weight excluding hydrogens is 224 g/mol. The van der Waals surface area contributed by atoms with Crippen molar-refractivity contribution in [3.63, 3.8) is 0 Å². The number of hydrogen-bond donors (Lipinski definition) is 2. The first-order valence-corrected chi connectivity index (χ1v) is 7.55. The molecule has 0 spiro atoms. The molecule has 1 fully saturated rings. The number of aliphatic hydroxyl groups is 1. The first-order valence-electron chi connectivity index (χ1n) is 7.55. The first-order chi connectivity index (χ1) is 8.48. The number of nitrogens with zero attached hydrogens (tertiary/aromatic N) is 1. The highest BCUT2D eigenvalue weighted by molar-refractivity contribution is 4.82. The number of aliphatic hydroxyl groups excluding tert-OH is 1. The smallest absolute Gasteiger partial charge is 0.0436 e. The van der Waals surface area contributed by atoms with E-state index in [4.69, 9.17) is 5.11 Å². The van der Waals surface area contributed by atoms with Gasteiger partial charge in [-0.2, -0.15) is 0 Å². The van der Waals surface area contributed by atoms with E-state index in [0.29, 0.717) is 6.04 Å². The largest absolute Gasteiger partial charge is 0.396 e. The quantitative estimate of drug-likeness (QED) is 0.732. The lowest BCUT2D eigenvalue weighted by atomic mass is 9.87. The van der Waals surface area contributed by atoms with Gasteiger partial charge in [-0.05, 0) is 50.6 Å². The van der Waals surface area contributed by atoms with Crippen molar-refractivity contribution in [3.8, 4) is 0 Å². The van der Waals surface area contributed by atoms with Crippen LogP contribution in [0.2, 0.25) is 0 Å². The lowest BCUT2D eigenvalue weighted by Crippen LogP contribution is -2.46. The normalized spacial score (nSPS) is 24.2. The van der Waals surface area contributed by atoms with Crippen molar-refractivity contribution >= 4 is 0 Å². The SMILES string of the molecule is CCN1CCCC(C(C)NCC(C)(C)CCO)C1. The molecule has 108 valence electrons. The van der Waals surface area contributed by atoms with E-state index in [-0.39, 0.29) is 12.0 Å². The molecular formula is C15H32N2O. The molecule has 3 nitrogen and oxygen atoms in total. The van der Waals surface area contributed by atoms with E-state index in [1.807, 2.05) is 0 Å². The van der Waals surface area contributed by atoms with E-state index in [1.54, 1.807) is 0 Å². The molecule has 3 heteroatoms. The van der Waals surface area contributed by atoms with Gasteiger partial charge in [-0.3, -0.25) is 0 Å². The van der Waals surface area contributed by atoms with Crippen molar-refractivity contribution in [2.45, 2.75) is 53.0 Å². The van der Waals surface area contributed by atoms with Crippen LogP contribution in [0, 0.1) is 11.3 Å². The van der Waals surface area contributed by atoms with Crippen LogP contribution in [0.15, 0.2) is 0 Å². The van der Waals surface area contributed by atoms with Crippen molar-refractivity contribution in [1.82, 2.24) is 10.2 Å². The molecule has 2 atom stereocenters. The van der Waals surface area contributed by atoms with Gasteiger partial charge in [0, 0.05) is 25.7 Å². The Morgan fingerprint density at radius 1 is 1.44 bits per heavy atom. The van der Waals surface area contributed by atoms with Crippen LogP contribution in [0.25, 0.3) is 0 Å². The molecule has 1 aliphatic heterocycles. The van der Waals surface area contributed by atoms with Crippen LogP contribution in [0.3, 0.4) is 0 Å². The molecule has 0 aliphatic carbocycles. The second kappa shape index (κ2) is 7.46. The van der Waals surface area contributed by atoms with Crippen molar-refractivity contribution in [1.29, 1.82) is 0 Å². The van der Waals surface area contributed by atoms with Gasteiger partial charge in [0.1, 0.15) is 0 Å². The lowest BCUT2D eigenvalue weighted by molar-refractivity contribution is 0.146. The Labute approximate surface area is 113 Å². The first kappa shape index (κ1) is 15.9. The zero-order valence-electron chi connectivity index (χ0n) is 12.7. The summed E-state index contributed by atoms with van der Waals surface area (Å²) >= 11 is 0. The summed E-state index contributed by atoms with van der Waals surface area (Å²) < 4.78 is 0. The summed E-state index contributed by atoms with van der Waals surface area (Å²) in [5.41, 5.74) is 0.197. The van der Waals surface area contributed by atoms with Gasteiger partial charge in [0.25, 0.3) is 0 Å². The Bertz CT molecular complexity index is 231. The summed E-state index contributed by atoms with van der Waals surface area (Å²) in [6.07, 6.45) is 3.56. The Morgan fingerprint density at radius 2 is 2.17 bits per heavy atom. The fourth-order valence-electron chi connectivity index (χ4n) is 2.78. The molecule has 0 aromatic rings. The molecule has 0 radical (unpaired) electrons. The van der Waals surface area contributed by atoms with E-state index in [2.05, 4.69) is 37.9 Å². The summed E-state index contributed by atoms with van der Waals surface area (Å²) in [6.45, 7) is 14.0. The monoisotopic (exact) mass is 256 g/mol. The summed E-state index contributed by atoms with van der Waals surface area (Å²) in [6, 6.07) is 0.581. The zero-order valence-corrected chi connectivity index (χ0v) is 12.7. The molecule has 0 aromatic heterocycles.